The predicted molar refractivity (Wildman–Crippen MR) is 124 cm³/mol. The molecule has 0 unspecified atom stereocenters. The Labute approximate surface area is 185 Å². The number of nitrogens with one attached hydrogen (secondary N) is 1. The number of anilines is 1. The highest BCUT2D eigenvalue weighted by Crippen LogP contribution is 2.26. The highest BCUT2D eigenvalue weighted by atomic mass is 16.2. The first kappa shape index (κ1) is 21.4. The van der Waals surface area contributed by atoms with Gasteiger partial charge in [0.05, 0.1) is 5.56 Å². The average Bonchev–Trinajstić information content (AvgIpc) is 2.84. The lowest BCUT2D eigenvalue weighted by atomic mass is 10.0. The molecule has 1 N–H and O–H groups in total. The molecular formula is C26H33N3O2. The van der Waals surface area contributed by atoms with E-state index in [1.807, 2.05) is 41.3 Å². The van der Waals surface area contributed by atoms with Gasteiger partial charge >= 0.3 is 0 Å². The number of amides is 2. The Morgan fingerprint density at radius 2 is 1.52 bits per heavy atom. The van der Waals surface area contributed by atoms with Gasteiger partial charge in [-0.3, -0.25) is 9.59 Å². The molecule has 2 aliphatic heterocycles. The molecule has 5 heteroatoms. The number of carbonyl (C=O) groups excluding carboxylic acids is 2. The molecule has 4 rings (SSSR count). The van der Waals surface area contributed by atoms with Crippen molar-refractivity contribution >= 4 is 17.5 Å². The van der Waals surface area contributed by atoms with E-state index in [1.165, 1.54) is 12.0 Å². The number of piperidine rings is 2. The molecule has 0 atom stereocenters. The third-order valence-electron chi connectivity index (χ3n) is 6.46. The minimum atomic E-state index is 0.128. The Kier molecular flexibility index (Phi) is 7.23. The van der Waals surface area contributed by atoms with Gasteiger partial charge in [-0.2, -0.15) is 0 Å². The predicted octanol–water partition coefficient (Wildman–Crippen LogP) is 4.03. The minimum absolute atomic E-state index is 0.128. The summed E-state index contributed by atoms with van der Waals surface area (Å²) in [5.74, 6) is 0.287. The SMILES string of the molecule is O=C(CCc1ccccc1)NC1CCN(c2ccccc2C(=O)N2CCCCC2)CC1. The molecule has 5 nitrogen and oxygen atoms in total. The fourth-order valence-corrected chi connectivity index (χ4v) is 4.66. The van der Waals surface area contributed by atoms with E-state index >= 15 is 0 Å². The molecule has 0 radical (unpaired) electrons. The van der Waals surface area contributed by atoms with E-state index in [0.29, 0.717) is 6.42 Å². The second-order valence-electron chi connectivity index (χ2n) is 8.68. The summed E-state index contributed by atoms with van der Waals surface area (Å²) in [6.45, 7) is 3.44. The second-order valence-corrected chi connectivity index (χ2v) is 8.68. The van der Waals surface area contributed by atoms with Crippen molar-refractivity contribution in [3.8, 4) is 0 Å². The van der Waals surface area contributed by atoms with E-state index in [2.05, 4.69) is 28.4 Å². The van der Waals surface area contributed by atoms with Gasteiger partial charge in [0.15, 0.2) is 0 Å². The summed E-state index contributed by atoms with van der Waals surface area (Å²) < 4.78 is 0. The first-order chi connectivity index (χ1) is 15.2. The number of para-hydroxylation sites is 1. The zero-order valence-corrected chi connectivity index (χ0v) is 18.3. The van der Waals surface area contributed by atoms with Gasteiger partial charge in [-0.1, -0.05) is 42.5 Å². The molecule has 0 saturated carbocycles. The van der Waals surface area contributed by atoms with Gasteiger partial charge in [-0.25, -0.2) is 0 Å². The number of hydrogen-bond acceptors (Lipinski definition) is 3. The van der Waals surface area contributed by atoms with Gasteiger partial charge in [-0.05, 0) is 56.2 Å². The summed E-state index contributed by atoms with van der Waals surface area (Å²) in [7, 11) is 0. The van der Waals surface area contributed by atoms with E-state index < -0.39 is 0 Å². The van der Waals surface area contributed by atoms with E-state index in [0.717, 1.165) is 69.5 Å². The van der Waals surface area contributed by atoms with Crippen LogP contribution < -0.4 is 10.2 Å². The Morgan fingerprint density at radius 1 is 0.839 bits per heavy atom. The highest BCUT2D eigenvalue weighted by Gasteiger charge is 2.26. The van der Waals surface area contributed by atoms with Crippen LogP contribution in [0.25, 0.3) is 0 Å². The fraction of sp³-hybridized carbons (Fsp3) is 0.462. The molecule has 2 fully saturated rings. The molecule has 0 aliphatic carbocycles. The monoisotopic (exact) mass is 419 g/mol. The van der Waals surface area contributed by atoms with E-state index in [4.69, 9.17) is 0 Å². The lowest BCUT2D eigenvalue weighted by Gasteiger charge is -2.36. The molecule has 164 valence electrons. The van der Waals surface area contributed by atoms with Crippen LogP contribution in [0.3, 0.4) is 0 Å². The molecule has 2 aliphatic rings. The lowest BCUT2D eigenvalue weighted by molar-refractivity contribution is -0.121. The van der Waals surface area contributed by atoms with Crippen LogP contribution in [0.4, 0.5) is 5.69 Å². The minimum Gasteiger partial charge on any atom is -0.371 e. The van der Waals surface area contributed by atoms with Gasteiger partial charge in [0.2, 0.25) is 5.91 Å². The maximum atomic E-state index is 13.1. The number of aryl methyl sites for hydroxylation is 1. The van der Waals surface area contributed by atoms with Crippen LogP contribution in [0.2, 0.25) is 0 Å². The van der Waals surface area contributed by atoms with Crippen LogP contribution >= 0.6 is 0 Å². The van der Waals surface area contributed by atoms with Gasteiger partial charge in [-0.15, -0.1) is 0 Å². The molecule has 2 aromatic rings. The Hall–Kier alpha value is -2.82. The van der Waals surface area contributed by atoms with Crippen LogP contribution in [-0.2, 0) is 11.2 Å². The number of nitrogens with zero attached hydrogens (tertiary/aromatic N) is 2. The number of carbonyl (C=O) groups is 2. The largest absolute Gasteiger partial charge is 0.371 e. The Balaban J connectivity index is 1.30. The molecule has 0 aromatic heterocycles. The van der Waals surface area contributed by atoms with Crippen molar-refractivity contribution in [3.63, 3.8) is 0 Å². The van der Waals surface area contributed by atoms with Gasteiger partial charge in [0.1, 0.15) is 0 Å². The van der Waals surface area contributed by atoms with Crippen molar-refractivity contribution in [2.45, 2.75) is 51.0 Å². The highest BCUT2D eigenvalue weighted by molar-refractivity contribution is 6.00. The summed E-state index contributed by atoms with van der Waals surface area (Å²) in [6, 6.07) is 18.4. The fourth-order valence-electron chi connectivity index (χ4n) is 4.66. The van der Waals surface area contributed by atoms with E-state index in [9.17, 15) is 9.59 Å². The number of likely N-dealkylation sites (tertiary alicyclic amines) is 1. The van der Waals surface area contributed by atoms with Crippen LogP contribution in [0.15, 0.2) is 54.6 Å². The second kappa shape index (κ2) is 10.5. The van der Waals surface area contributed by atoms with E-state index in [-0.39, 0.29) is 17.9 Å². The summed E-state index contributed by atoms with van der Waals surface area (Å²) in [4.78, 5) is 29.8. The third kappa shape index (κ3) is 5.66. The molecule has 0 bridgehead atoms. The summed E-state index contributed by atoms with van der Waals surface area (Å²) >= 11 is 0. The maximum absolute atomic E-state index is 13.1. The van der Waals surface area contributed by atoms with Gasteiger partial charge in [0.25, 0.3) is 5.91 Å². The summed E-state index contributed by atoms with van der Waals surface area (Å²) in [5, 5.41) is 3.21. The molecule has 2 aromatic carbocycles. The normalized spacial score (nSPS) is 17.4. The van der Waals surface area contributed by atoms with Crippen LogP contribution in [-0.4, -0.2) is 48.9 Å². The maximum Gasteiger partial charge on any atom is 0.255 e. The van der Waals surface area contributed by atoms with Crippen molar-refractivity contribution < 1.29 is 9.59 Å². The number of benzene rings is 2. The molecule has 0 spiro atoms. The number of hydrogen-bond donors (Lipinski definition) is 1. The van der Waals surface area contributed by atoms with Crippen LogP contribution in [0.5, 0.6) is 0 Å². The van der Waals surface area contributed by atoms with Crippen LogP contribution in [0, 0.1) is 0 Å². The molecular weight excluding hydrogens is 386 g/mol. The summed E-state index contributed by atoms with van der Waals surface area (Å²) in [6.07, 6.45) is 6.53. The standard InChI is InChI=1S/C26H33N3O2/c30-25(14-13-21-9-3-1-4-10-21)27-22-15-19-28(20-16-22)24-12-6-5-11-23(24)26(31)29-17-7-2-8-18-29/h1,3-6,9-12,22H,2,7-8,13-20H2,(H,27,30). The molecule has 2 saturated heterocycles. The quantitative estimate of drug-likeness (QED) is 0.769. The topological polar surface area (TPSA) is 52.7 Å². The van der Waals surface area contributed by atoms with Crippen molar-refractivity contribution in [2.24, 2.45) is 0 Å². The zero-order valence-electron chi connectivity index (χ0n) is 18.3. The smallest absolute Gasteiger partial charge is 0.255 e. The first-order valence-electron chi connectivity index (χ1n) is 11.7. The molecule has 31 heavy (non-hydrogen) atoms. The summed E-state index contributed by atoms with van der Waals surface area (Å²) in [5.41, 5.74) is 3.05. The van der Waals surface area contributed by atoms with Gasteiger partial charge in [0, 0.05) is 44.3 Å². The van der Waals surface area contributed by atoms with Crippen molar-refractivity contribution in [1.82, 2.24) is 10.2 Å². The van der Waals surface area contributed by atoms with Gasteiger partial charge < -0.3 is 15.1 Å². The lowest BCUT2D eigenvalue weighted by Crippen LogP contribution is -2.45. The Bertz CT molecular complexity index is 869. The Morgan fingerprint density at radius 3 is 2.26 bits per heavy atom. The van der Waals surface area contributed by atoms with E-state index in [1.54, 1.807) is 0 Å². The number of rotatable bonds is 6. The third-order valence-corrected chi connectivity index (χ3v) is 6.46. The van der Waals surface area contributed by atoms with Crippen molar-refractivity contribution in [1.29, 1.82) is 0 Å². The van der Waals surface area contributed by atoms with Crippen molar-refractivity contribution in [3.05, 3.63) is 65.7 Å². The van der Waals surface area contributed by atoms with Crippen molar-refractivity contribution in [2.75, 3.05) is 31.1 Å². The molecule has 2 heterocycles. The average molecular weight is 420 g/mol. The first-order valence-corrected chi connectivity index (χ1v) is 11.7. The zero-order chi connectivity index (χ0) is 21.5. The molecule has 2 amide bonds. The van der Waals surface area contributed by atoms with Crippen LogP contribution in [0.1, 0.15) is 54.4 Å².